The minimum atomic E-state index is -0.466. The van der Waals surface area contributed by atoms with Crippen molar-refractivity contribution in [1.82, 2.24) is 15.1 Å². The minimum absolute atomic E-state index is 0.225. The Hall–Kier alpha value is -1.89. The van der Waals surface area contributed by atoms with Crippen molar-refractivity contribution < 1.29 is 14.3 Å². The molecule has 2 saturated heterocycles. The molecule has 3 heterocycles. The average molecular weight is 362 g/mol. The van der Waals surface area contributed by atoms with Crippen molar-refractivity contribution in [2.24, 2.45) is 5.92 Å². The molecule has 7 nitrogen and oxygen atoms in total. The maximum absolute atomic E-state index is 12.1. The lowest BCUT2D eigenvalue weighted by atomic mass is 9.93. The van der Waals surface area contributed by atoms with Gasteiger partial charge in [-0.3, -0.25) is 0 Å². The van der Waals surface area contributed by atoms with Crippen molar-refractivity contribution in [2.45, 2.75) is 45.1 Å². The molecule has 0 aromatic carbocycles. The van der Waals surface area contributed by atoms with Gasteiger partial charge in [0, 0.05) is 45.8 Å². The number of amides is 1. The lowest BCUT2D eigenvalue weighted by molar-refractivity contribution is 0.00783. The van der Waals surface area contributed by atoms with E-state index in [2.05, 4.69) is 21.2 Å². The molecule has 0 N–H and O–H groups in total. The van der Waals surface area contributed by atoms with E-state index in [1.54, 1.807) is 18.2 Å². The first-order valence-electron chi connectivity index (χ1n) is 9.41. The summed E-state index contributed by atoms with van der Waals surface area (Å²) < 4.78 is 10.7. The molecule has 0 saturated carbocycles. The molecule has 0 aliphatic carbocycles. The second kappa shape index (κ2) is 7.78. The van der Waals surface area contributed by atoms with E-state index in [9.17, 15) is 4.79 Å². The van der Waals surface area contributed by atoms with Crippen molar-refractivity contribution in [3.63, 3.8) is 0 Å². The van der Waals surface area contributed by atoms with Crippen molar-refractivity contribution in [3.8, 4) is 0 Å². The van der Waals surface area contributed by atoms with Crippen LogP contribution < -0.4 is 4.90 Å². The lowest BCUT2D eigenvalue weighted by Gasteiger charge is -2.41. The summed E-state index contributed by atoms with van der Waals surface area (Å²) in [5.74, 6) is 0.865. The predicted octanol–water partition coefficient (Wildman–Crippen LogP) is 2.67. The van der Waals surface area contributed by atoms with Crippen LogP contribution in [0.5, 0.6) is 0 Å². The smallest absolute Gasteiger partial charge is 0.410 e. The fourth-order valence-electron chi connectivity index (χ4n) is 3.60. The number of hydrogen-bond acceptors (Lipinski definition) is 6. The van der Waals surface area contributed by atoms with E-state index < -0.39 is 5.60 Å². The number of piperidine rings is 1. The van der Waals surface area contributed by atoms with Crippen molar-refractivity contribution >= 4 is 11.8 Å². The molecule has 0 atom stereocenters. The number of nitrogens with zero attached hydrogens (tertiary/aromatic N) is 4. The van der Waals surface area contributed by atoms with Crippen LogP contribution >= 0.6 is 0 Å². The molecular weight excluding hydrogens is 332 g/mol. The third-order valence-electron chi connectivity index (χ3n) is 5.00. The fourth-order valence-corrected chi connectivity index (χ4v) is 3.60. The van der Waals surface area contributed by atoms with Gasteiger partial charge in [0.15, 0.2) is 0 Å². The molecule has 0 bridgehead atoms. The van der Waals surface area contributed by atoms with Gasteiger partial charge in [0.1, 0.15) is 5.60 Å². The van der Waals surface area contributed by atoms with Gasteiger partial charge >= 0.3 is 6.09 Å². The number of carbonyl (C=O) groups is 1. The highest BCUT2D eigenvalue weighted by atomic mass is 16.6. The third kappa shape index (κ3) is 4.44. The van der Waals surface area contributed by atoms with Gasteiger partial charge in [-0.15, -0.1) is 0 Å². The van der Waals surface area contributed by atoms with Crippen LogP contribution in [-0.4, -0.2) is 66.7 Å². The summed E-state index contributed by atoms with van der Waals surface area (Å²) in [6.07, 6.45) is 3.76. The van der Waals surface area contributed by atoms with E-state index in [-0.39, 0.29) is 12.0 Å². The molecule has 1 aromatic rings. The molecule has 144 valence electrons. The molecule has 0 radical (unpaired) electrons. The lowest BCUT2D eigenvalue weighted by Crippen LogP contribution is -2.51. The molecular formula is C19H30N4O3. The average Bonchev–Trinajstić information content (AvgIpc) is 2.53. The Morgan fingerprint density at radius 1 is 1.27 bits per heavy atom. The van der Waals surface area contributed by atoms with E-state index in [4.69, 9.17) is 9.47 Å². The van der Waals surface area contributed by atoms with Crippen LogP contribution in [0.25, 0.3) is 0 Å². The molecule has 2 fully saturated rings. The summed E-state index contributed by atoms with van der Waals surface area (Å²) in [6, 6.07) is 2.05. The first-order valence-corrected chi connectivity index (χ1v) is 9.41. The van der Waals surface area contributed by atoms with E-state index in [1.807, 2.05) is 20.8 Å². The van der Waals surface area contributed by atoms with Crippen LogP contribution in [0.3, 0.4) is 0 Å². The largest absolute Gasteiger partial charge is 0.444 e. The molecule has 2 aliphatic rings. The zero-order valence-electron chi connectivity index (χ0n) is 16.3. The van der Waals surface area contributed by atoms with Crippen molar-refractivity contribution in [3.05, 3.63) is 18.0 Å². The Morgan fingerprint density at radius 3 is 2.58 bits per heavy atom. The van der Waals surface area contributed by atoms with Gasteiger partial charge in [-0.25, -0.2) is 4.79 Å². The molecule has 2 aliphatic heterocycles. The summed E-state index contributed by atoms with van der Waals surface area (Å²) in [4.78, 5) is 16.3. The number of rotatable bonds is 4. The fraction of sp³-hybridized carbons (Fsp3) is 0.737. The second-order valence-electron chi connectivity index (χ2n) is 8.27. The molecule has 3 rings (SSSR count). The van der Waals surface area contributed by atoms with Crippen molar-refractivity contribution in [2.75, 3.05) is 44.8 Å². The third-order valence-corrected chi connectivity index (χ3v) is 5.00. The molecule has 26 heavy (non-hydrogen) atoms. The van der Waals surface area contributed by atoms with Gasteiger partial charge in [0.25, 0.3) is 0 Å². The zero-order chi connectivity index (χ0) is 18.7. The molecule has 7 heteroatoms. The Balaban J connectivity index is 1.60. The number of hydrogen-bond donors (Lipinski definition) is 0. The highest BCUT2D eigenvalue weighted by molar-refractivity contribution is 5.70. The Bertz CT molecular complexity index is 617. The first kappa shape index (κ1) is 18.9. The van der Waals surface area contributed by atoms with E-state index in [0.717, 1.165) is 43.9 Å². The van der Waals surface area contributed by atoms with Crippen molar-refractivity contribution in [1.29, 1.82) is 0 Å². The van der Waals surface area contributed by atoms with Crippen LogP contribution in [0.15, 0.2) is 12.3 Å². The van der Waals surface area contributed by atoms with Crippen LogP contribution in [0.2, 0.25) is 0 Å². The molecule has 1 aromatic heterocycles. The normalized spacial score (nSPS) is 19.4. The highest BCUT2D eigenvalue weighted by Gasteiger charge is 2.37. The van der Waals surface area contributed by atoms with E-state index in [1.165, 1.54) is 0 Å². The first-order chi connectivity index (χ1) is 12.4. The Morgan fingerprint density at radius 2 is 1.96 bits per heavy atom. The number of likely N-dealkylation sites (tertiary alicyclic amines) is 1. The van der Waals surface area contributed by atoms with Gasteiger partial charge in [0.2, 0.25) is 0 Å². The maximum Gasteiger partial charge on any atom is 0.410 e. The van der Waals surface area contributed by atoms with Crippen LogP contribution in [0.1, 0.15) is 45.2 Å². The van der Waals surface area contributed by atoms with E-state index >= 15 is 0 Å². The standard InChI is InChI=1S/C19H30N4O3/c1-19(2,3)26-18(24)23-11-15(12-23)17-16(5-8-20-21-17)22-9-6-14(7-10-22)13-25-4/h5,8,14-15H,6-7,9-13H2,1-4H3. The van der Waals surface area contributed by atoms with Gasteiger partial charge in [-0.2, -0.15) is 10.2 Å². The van der Waals surface area contributed by atoms with E-state index in [0.29, 0.717) is 19.0 Å². The van der Waals surface area contributed by atoms with Gasteiger partial charge < -0.3 is 19.3 Å². The van der Waals surface area contributed by atoms with Crippen LogP contribution in [-0.2, 0) is 9.47 Å². The number of carbonyl (C=O) groups excluding carboxylic acids is 1. The van der Waals surface area contributed by atoms with Gasteiger partial charge in [-0.05, 0) is 45.6 Å². The summed E-state index contributed by atoms with van der Waals surface area (Å²) in [7, 11) is 1.77. The zero-order valence-corrected chi connectivity index (χ0v) is 16.3. The summed E-state index contributed by atoms with van der Waals surface area (Å²) in [5, 5.41) is 8.49. The predicted molar refractivity (Wildman–Crippen MR) is 99.4 cm³/mol. The summed E-state index contributed by atoms with van der Waals surface area (Å²) in [6.45, 7) is 9.79. The van der Waals surface area contributed by atoms with Crippen LogP contribution in [0.4, 0.5) is 10.5 Å². The molecule has 0 spiro atoms. The second-order valence-corrected chi connectivity index (χ2v) is 8.27. The maximum atomic E-state index is 12.1. The SMILES string of the molecule is COCC1CCN(c2ccnnc2C2CN(C(=O)OC(C)(C)C)C2)CC1. The monoisotopic (exact) mass is 362 g/mol. The summed E-state index contributed by atoms with van der Waals surface area (Å²) >= 11 is 0. The number of anilines is 1. The number of methoxy groups -OCH3 is 1. The quantitative estimate of drug-likeness (QED) is 0.820. The molecule has 1 amide bonds. The Kier molecular flexibility index (Phi) is 5.65. The minimum Gasteiger partial charge on any atom is -0.444 e. The van der Waals surface area contributed by atoms with Gasteiger partial charge in [-0.1, -0.05) is 0 Å². The van der Waals surface area contributed by atoms with Gasteiger partial charge in [0.05, 0.1) is 17.6 Å². The summed E-state index contributed by atoms with van der Waals surface area (Å²) in [5.41, 5.74) is 1.69. The highest BCUT2D eigenvalue weighted by Crippen LogP contribution is 2.34. The Labute approximate surface area is 155 Å². The molecule has 0 unspecified atom stereocenters. The number of aromatic nitrogens is 2. The van der Waals surface area contributed by atoms with Crippen LogP contribution in [0, 0.1) is 5.92 Å². The number of ether oxygens (including phenoxy) is 2. The topological polar surface area (TPSA) is 67.8 Å².